The number of amides is 1. The lowest BCUT2D eigenvalue weighted by Crippen LogP contribution is -2.37. The lowest BCUT2D eigenvalue weighted by molar-refractivity contribution is 0.143. The zero-order valence-electron chi connectivity index (χ0n) is 13.6. The van der Waals surface area contributed by atoms with E-state index in [1.54, 1.807) is 12.1 Å². The molecule has 0 unspecified atom stereocenters. The summed E-state index contributed by atoms with van der Waals surface area (Å²) >= 11 is 3.95. The number of thiocarbonyl (C=S) groups is 1. The van der Waals surface area contributed by atoms with Gasteiger partial charge in [0.15, 0.2) is 5.11 Å². The summed E-state index contributed by atoms with van der Waals surface area (Å²) in [5, 5.41) is 2.89. The number of hydrogen-bond acceptors (Lipinski definition) is 4. The number of rotatable bonds is 4. The van der Waals surface area contributed by atoms with Crippen LogP contribution in [0.2, 0.25) is 0 Å². The number of hydrogen-bond donors (Lipinski definition) is 2. The average molecular weight is 385 g/mol. The van der Waals surface area contributed by atoms with E-state index in [1.807, 2.05) is 0 Å². The van der Waals surface area contributed by atoms with Crippen molar-refractivity contribution in [1.29, 1.82) is 0 Å². The van der Waals surface area contributed by atoms with Crippen molar-refractivity contribution in [2.45, 2.75) is 24.9 Å². The first-order valence-corrected chi connectivity index (χ1v) is 9.99. The molecule has 9 heteroatoms. The fourth-order valence-corrected chi connectivity index (χ4v) is 4.56. The van der Waals surface area contributed by atoms with E-state index >= 15 is 0 Å². The van der Waals surface area contributed by atoms with E-state index in [9.17, 15) is 13.7 Å². The number of carbonyl (C=O) groups is 1. The molecule has 1 atom stereocenters. The third kappa shape index (κ3) is 4.34. The van der Waals surface area contributed by atoms with Crippen LogP contribution in [0.3, 0.4) is 0 Å². The summed E-state index contributed by atoms with van der Waals surface area (Å²) in [5.74, 6) is 0.969. The van der Waals surface area contributed by atoms with E-state index in [1.165, 1.54) is 11.0 Å². The summed E-state index contributed by atoms with van der Waals surface area (Å²) in [6.07, 6.45) is 0.531. The molecular weight excluding hydrogens is 365 g/mol. The molecule has 1 aromatic carbocycles. The monoisotopic (exact) mass is 385 g/mol. The molecule has 0 aliphatic carbocycles. The van der Waals surface area contributed by atoms with Gasteiger partial charge in [-0.1, -0.05) is 17.2 Å². The van der Waals surface area contributed by atoms with Gasteiger partial charge >= 0.3 is 6.09 Å². The summed E-state index contributed by atoms with van der Waals surface area (Å²) in [7, 11) is 0. The molecule has 0 spiro atoms. The first kappa shape index (κ1) is 18.2. The molecule has 3 rings (SSSR count). The second kappa shape index (κ2) is 7.76. The number of carbonyl (C=O) groups excluding carboxylic acids is 1. The first-order chi connectivity index (χ1) is 11.9. The maximum Gasteiger partial charge on any atom is 0.414 e. The van der Waals surface area contributed by atoms with Gasteiger partial charge in [0.2, 0.25) is 0 Å². The van der Waals surface area contributed by atoms with Gasteiger partial charge in [0, 0.05) is 0 Å². The van der Waals surface area contributed by atoms with Crippen LogP contribution in [-0.2, 0) is 15.9 Å². The third-order valence-corrected chi connectivity index (χ3v) is 6.03. The topological polar surface area (TPSA) is 90.6 Å². The van der Waals surface area contributed by atoms with Crippen LogP contribution in [0, 0.1) is 5.82 Å². The molecular formula is C16H20FN3O3S2. The molecule has 136 valence electrons. The number of nitrogens with zero attached hydrogens (tertiary/aromatic N) is 1. The Bertz CT molecular complexity index is 668. The Morgan fingerprint density at radius 1 is 1.48 bits per heavy atom. The molecule has 1 amide bonds. The van der Waals surface area contributed by atoms with Crippen molar-refractivity contribution in [3.63, 3.8) is 0 Å². The maximum absolute atomic E-state index is 14.6. The Morgan fingerprint density at radius 2 is 2.20 bits per heavy atom. The van der Waals surface area contributed by atoms with E-state index in [0.29, 0.717) is 35.8 Å². The summed E-state index contributed by atoms with van der Waals surface area (Å²) < 4.78 is 31.2. The van der Waals surface area contributed by atoms with E-state index in [4.69, 9.17) is 22.7 Å². The van der Waals surface area contributed by atoms with Gasteiger partial charge in [-0.3, -0.25) is 4.90 Å². The molecule has 2 heterocycles. The molecule has 0 bridgehead atoms. The first-order valence-electron chi connectivity index (χ1n) is 8.10. The van der Waals surface area contributed by atoms with Crippen LogP contribution >= 0.6 is 12.2 Å². The minimum Gasteiger partial charge on any atom is -0.616 e. The fraction of sp³-hybridized carbons (Fsp3) is 0.500. The number of nitrogens with one attached hydrogen (secondary N) is 1. The molecule has 3 N–H and O–H groups in total. The van der Waals surface area contributed by atoms with E-state index in [0.717, 1.165) is 12.8 Å². The van der Waals surface area contributed by atoms with Gasteiger partial charge in [-0.25, -0.2) is 9.18 Å². The van der Waals surface area contributed by atoms with Crippen molar-refractivity contribution in [3.8, 4) is 0 Å². The van der Waals surface area contributed by atoms with E-state index in [-0.39, 0.29) is 16.8 Å². The SMILES string of the molecule is NC(=S)NC[C@H]1CN(c2ccc([C@H]3CC[S@@+]([O-])CC3)c(F)c2)C(=O)O1. The number of ether oxygens (including phenoxy) is 1. The van der Waals surface area contributed by atoms with Gasteiger partial charge in [0.25, 0.3) is 0 Å². The molecule has 2 aliphatic rings. The van der Waals surface area contributed by atoms with Crippen LogP contribution in [0.1, 0.15) is 24.3 Å². The van der Waals surface area contributed by atoms with Gasteiger partial charge in [-0.05, 0) is 48.7 Å². The largest absolute Gasteiger partial charge is 0.616 e. The summed E-state index contributed by atoms with van der Waals surface area (Å²) in [4.78, 5) is 13.4. The van der Waals surface area contributed by atoms with Gasteiger partial charge in [-0.2, -0.15) is 0 Å². The molecule has 6 nitrogen and oxygen atoms in total. The second-order valence-electron chi connectivity index (χ2n) is 6.19. The quantitative estimate of drug-likeness (QED) is 0.605. The Kier molecular flexibility index (Phi) is 5.65. The van der Waals surface area contributed by atoms with Crippen molar-refractivity contribution < 1.29 is 18.5 Å². The molecule has 0 radical (unpaired) electrons. The minimum absolute atomic E-state index is 0.0831. The molecule has 2 saturated heterocycles. The molecule has 2 fully saturated rings. The average Bonchev–Trinajstić information content (AvgIpc) is 2.95. The highest BCUT2D eigenvalue weighted by atomic mass is 32.2. The molecule has 2 aliphatic heterocycles. The van der Waals surface area contributed by atoms with E-state index < -0.39 is 23.4 Å². The predicted octanol–water partition coefficient (Wildman–Crippen LogP) is 1.61. The molecule has 0 saturated carbocycles. The number of anilines is 1. The van der Waals surface area contributed by atoms with Crippen molar-refractivity contribution in [2.75, 3.05) is 29.5 Å². The van der Waals surface area contributed by atoms with Gasteiger partial charge in [0.1, 0.15) is 23.4 Å². The minimum atomic E-state index is -0.778. The second-order valence-corrected chi connectivity index (χ2v) is 8.33. The number of benzene rings is 1. The zero-order valence-corrected chi connectivity index (χ0v) is 15.2. The molecule has 0 aromatic heterocycles. The lowest BCUT2D eigenvalue weighted by Gasteiger charge is -2.25. The standard InChI is InChI=1S/C16H20FN3O3S2/c17-14-7-11(1-2-13(14)10-3-5-25(22)6-4-10)20-9-12(23-16(20)21)8-19-15(18)24/h1-2,7,10,12H,3-6,8-9H2,(H3,18,19,24)/t10-,12-,25+/m0/s1. The van der Waals surface area contributed by atoms with Gasteiger partial charge in [0.05, 0.1) is 18.8 Å². The number of halogens is 1. The maximum atomic E-state index is 14.6. The third-order valence-electron chi connectivity index (χ3n) is 4.50. The van der Waals surface area contributed by atoms with Crippen molar-refractivity contribution >= 4 is 40.3 Å². The van der Waals surface area contributed by atoms with Crippen molar-refractivity contribution in [1.82, 2.24) is 5.32 Å². The smallest absolute Gasteiger partial charge is 0.414 e. The van der Waals surface area contributed by atoms with Crippen LogP contribution in [0.25, 0.3) is 0 Å². The van der Waals surface area contributed by atoms with Crippen LogP contribution < -0.4 is 16.0 Å². The fourth-order valence-electron chi connectivity index (χ4n) is 3.17. The summed E-state index contributed by atoms with van der Waals surface area (Å²) in [6, 6.07) is 4.82. The highest BCUT2D eigenvalue weighted by molar-refractivity contribution is 7.91. The Morgan fingerprint density at radius 3 is 2.84 bits per heavy atom. The summed E-state index contributed by atoms with van der Waals surface area (Å²) in [6.45, 7) is 0.618. The zero-order chi connectivity index (χ0) is 18.0. The van der Waals surface area contributed by atoms with Gasteiger partial charge in [-0.15, -0.1) is 0 Å². The number of cyclic esters (lactones) is 1. The van der Waals surface area contributed by atoms with Crippen molar-refractivity contribution in [3.05, 3.63) is 29.6 Å². The Hall–Kier alpha value is -1.58. The van der Waals surface area contributed by atoms with Crippen molar-refractivity contribution in [2.24, 2.45) is 5.73 Å². The van der Waals surface area contributed by atoms with Crippen LogP contribution in [0.5, 0.6) is 0 Å². The van der Waals surface area contributed by atoms with Gasteiger partial charge < -0.3 is 20.3 Å². The van der Waals surface area contributed by atoms with Crippen LogP contribution in [-0.4, -0.2) is 46.5 Å². The predicted molar refractivity (Wildman–Crippen MR) is 98.7 cm³/mol. The normalized spacial score (nSPS) is 26.4. The Labute approximate surface area is 154 Å². The lowest BCUT2D eigenvalue weighted by atomic mass is 9.93. The van der Waals surface area contributed by atoms with Crippen LogP contribution in [0.4, 0.5) is 14.9 Å². The molecule has 25 heavy (non-hydrogen) atoms. The molecule has 1 aromatic rings. The number of nitrogens with two attached hydrogens (primary N) is 1. The summed E-state index contributed by atoms with van der Waals surface area (Å²) in [5.41, 5.74) is 6.45. The highest BCUT2D eigenvalue weighted by Crippen LogP contribution is 2.33. The van der Waals surface area contributed by atoms with E-state index in [2.05, 4.69) is 5.32 Å². The highest BCUT2D eigenvalue weighted by Gasteiger charge is 2.33. The van der Waals surface area contributed by atoms with Crippen LogP contribution in [0.15, 0.2) is 18.2 Å². The Balaban J connectivity index is 1.68.